The maximum Gasteiger partial charge on any atom is 0.358 e. The van der Waals surface area contributed by atoms with Gasteiger partial charge in [0.25, 0.3) is 0 Å². The smallest absolute Gasteiger partial charge is 0.358 e. The van der Waals surface area contributed by atoms with Crippen molar-refractivity contribution >= 4 is 17.0 Å². The van der Waals surface area contributed by atoms with Crippen LogP contribution in [0, 0.1) is 6.92 Å². The van der Waals surface area contributed by atoms with Crippen molar-refractivity contribution in [2.24, 2.45) is 7.05 Å². The first-order valence-corrected chi connectivity index (χ1v) is 7.46. The Kier molecular flexibility index (Phi) is 3.85. The molecule has 0 radical (unpaired) electrons. The van der Waals surface area contributed by atoms with Gasteiger partial charge >= 0.3 is 5.97 Å². The molecule has 0 aliphatic carbocycles. The Morgan fingerprint density at radius 3 is 2.83 bits per heavy atom. The van der Waals surface area contributed by atoms with Crippen molar-refractivity contribution in [2.75, 3.05) is 7.11 Å². The zero-order valence-corrected chi connectivity index (χ0v) is 13.7. The van der Waals surface area contributed by atoms with Gasteiger partial charge in [-0.2, -0.15) is 5.10 Å². The van der Waals surface area contributed by atoms with Gasteiger partial charge in [-0.15, -0.1) is 0 Å². The van der Waals surface area contributed by atoms with Gasteiger partial charge in [0.1, 0.15) is 11.5 Å². The van der Waals surface area contributed by atoms with Crippen LogP contribution in [0.15, 0.2) is 18.5 Å². The van der Waals surface area contributed by atoms with Crippen molar-refractivity contribution in [1.82, 2.24) is 24.3 Å². The molecule has 0 fully saturated rings. The molecule has 0 amide bonds. The van der Waals surface area contributed by atoms with Gasteiger partial charge in [-0.3, -0.25) is 4.68 Å². The Morgan fingerprint density at radius 2 is 2.13 bits per heavy atom. The molecule has 0 N–H and O–H groups in total. The van der Waals surface area contributed by atoms with Crippen molar-refractivity contribution < 1.29 is 9.53 Å². The van der Waals surface area contributed by atoms with Gasteiger partial charge in [0.05, 0.1) is 19.3 Å². The van der Waals surface area contributed by atoms with Crippen LogP contribution in [0.2, 0.25) is 0 Å². The molecule has 120 valence electrons. The van der Waals surface area contributed by atoms with Crippen molar-refractivity contribution in [3.05, 3.63) is 41.2 Å². The first-order valence-electron chi connectivity index (χ1n) is 7.46. The van der Waals surface area contributed by atoms with E-state index in [9.17, 15) is 4.79 Å². The lowest BCUT2D eigenvalue weighted by Gasteiger charge is -2.06. The molecular weight excluding hydrogens is 294 g/mol. The summed E-state index contributed by atoms with van der Waals surface area (Å²) in [7, 11) is 3.14. The molecule has 0 aliphatic heterocycles. The van der Waals surface area contributed by atoms with Crippen LogP contribution in [0.25, 0.3) is 11.0 Å². The third kappa shape index (κ3) is 2.69. The second kappa shape index (κ2) is 5.83. The number of hydrogen-bond donors (Lipinski definition) is 0. The average molecular weight is 313 g/mol. The monoisotopic (exact) mass is 313 g/mol. The highest BCUT2D eigenvalue weighted by atomic mass is 16.5. The molecule has 3 heterocycles. The van der Waals surface area contributed by atoms with Crippen molar-refractivity contribution in [3.8, 4) is 0 Å². The molecule has 3 rings (SSSR count). The molecule has 3 aromatic rings. The van der Waals surface area contributed by atoms with Crippen LogP contribution in [-0.4, -0.2) is 37.4 Å². The highest BCUT2D eigenvalue weighted by molar-refractivity contribution is 5.88. The Labute approximate surface area is 133 Å². The number of nitrogens with zero attached hydrogens (tertiary/aromatic N) is 5. The normalized spacial score (nSPS) is 11.1. The topological polar surface area (TPSA) is 74.8 Å². The SMILES string of the molecule is CCc1nc(C)nc2c1ccn2Cc1cn(C)nc1C(=O)OC. The Balaban J connectivity index is 2.06. The quantitative estimate of drug-likeness (QED) is 0.687. The number of carbonyl (C=O) groups excluding carboxylic acids is 1. The second-order valence-corrected chi connectivity index (χ2v) is 5.42. The summed E-state index contributed by atoms with van der Waals surface area (Å²) in [4.78, 5) is 20.9. The van der Waals surface area contributed by atoms with E-state index in [1.807, 2.05) is 30.0 Å². The summed E-state index contributed by atoms with van der Waals surface area (Å²) in [5, 5.41) is 5.23. The number of aromatic nitrogens is 5. The Morgan fingerprint density at radius 1 is 1.35 bits per heavy atom. The molecule has 23 heavy (non-hydrogen) atoms. The van der Waals surface area contributed by atoms with Crippen LogP contribution in [0.3, 0.4) is 0 Å². The fourth-order valence-corrected chi connectivity index (χ4v) is 2.75. The Bertz CT molecular complexity index is 878. The highest BCUT2D eigenvalue weighted by Crippen LogP contribution is 2.20. The first-order chi connectivity index (χ1) is 11.0. The molecular formula is C16H19N5O2. The number of fused-ring (bicyclic) bond motifs is 1. The van der Waals surface area contributed by atoms with E-state index in [1.165, 1.54) is 7.11 Å². The number of ether oxygens (including phenoxy) is 1. The molecule has 0 aromatic carbocycles. The van der Waals surface area contributed by atoms with Gasteiger partial charge in [-0.25, -0.2) is 14.8 Å². The third-order valence-corrected chi connectivity index (χ3v) is 3.77. The molecule has 0 bridgehead atoms. The molecule has 3 aromatic heterocycles. The average Bonchev–Trinajstić information content (AvgIpc) is 3.10. The number of methoxy groups -OCH3 is 1. The number of hydrogen-bond acceptors (Lipinski definition) is 5. The van der Waals surface area contributed by atoms with Gasteiger partial charge in [0.2, 0.25) is 0 Å². The van der Waals surface area contributed by atoms with Crippen LogP contribution in [0.1, 0.15) is 34.5 Å². The zero-order valence-electron chi connectivity index (χ0n) is 13.7. The predicted molar refractivity (Wildman–Crippen MR) is 85.3 cm³/mol. The van der Waals surface area contributed by atoms with Crippen LogP contribution in [0.5, 0.6) is 0 Å². The summed E-state index contributed by atoms with van der Waals surface area (Å²) >= 11 is 0. The first kappa shape index (κ1) is 15.2. The van der Waals surface area contributed by atoms with E-state index in [0.29, 0.717) is 12.2 Å². The minimum atomic E-state index is -0.433. The maximum atomic E-state index is 11.9. The van der Waals surface area contributed by atoms with Gasteiger partial charge in [0.15, 0.2) is 5.69 Å². The molecule has 7 nitrogen and oxygen atoms in total. The standard InChI is InChI=1S/C16H19N5O2/c1-5-13-12-6-7-21(15(12)18-10(2)17-13)9-11-8-20(3)19-14(11)16(22)23-4/h6-8H,5,9H2,1-4H3. The van der Waals surface area contributed by atoms with Gasteiger partial charge < -0.3 is 9.30 Å². The Hall–Kier alpha value is -2.70. The van der Waals surface area contributed by atoms with E-state index in [2.05, 4.69) is 22.0 Å². The van der Waals surface area contributed by atoms with Gasteiger partial charge in [-0.05, 0) is 19.4 Å². The van der Waals surface area contributed by atoms with Crippen LogP contribution < -0.4 is 0 Å². The van der Waals surface area contributed by atoms with Crippen molar-refractivity contribution in [2.45, 2.75) is 26.8 Å². The summed E-state index contributed by atoms with van der Waals surface area (Å²) in [6.45, 7) is 4.47. The summed E-state index contributed by atoms with van der Waals surface area (Å²) in [6.07, 6.45) is 4.64. The molecule has 0 atom stereocenters. The van der Waals surface area contributed by atoms with Crippen LogP contribution in [-0.2, 0) is 24.8 Å². The molecule has 0 saturated heterocycles. The maximum absolute atomic E-state index is 11.9. The zero-order chi connectivity index (χ0) is 16.6. The predicted octanol–water partition coefficient (Wildman–Crippen LogP) is 1.87. The minimum absolute atomic E-state index is 0.332. The summed E-state index contributed by atoms with van der Waals surface area (Å²) in [5.74, 6) is 0.311. The van der Waals surface area contributed by atoms with Crippen molar-refractivity contribution in [3.63, 3.8) is 0 Å². The number of carbonyl (C=O) groups is 1. The second-order valence-electron chi connectivity index (χ2n) is 5.42. The largest absolute Gasteiger partial charge is 0.464 e. The van der Waals surface area contributed by atoms with E-state index in [0.717, 1.165) is 34.5 Å². The fraction of sp³-hybridized carbons (Fsp3) is 0.375. The summed E-state index contributed by atoms with van der Waals surface area (Å²) < 4.78 is 8.43. The number of rotatable bonds is 4. The van der Waals surface area contributed by atoms with E-state index in [4.69, 9.17) is 4.74 Å². The third-order valence-electron chi connectivity index (χ3n) is 3.77. The minimum Gasteiger partial charge on any atom is -0.464 e. The van der Waals surface area contributed by atoms with E-state index in [1.54, 1.807) is 11.7 Å². The molecule has 0 spiro atoms. The fourth-order valence-electron chi connectivity index (χ4n) is 2.75. The molecule has 7 heteroatoms. The summed E-state index contributed by atoms with van der Waals surface area (Å²) in [5.41, 5.74) is 3.03. The highest BCUT2D eigenvalue weighted by Gasteiger charge is 2.18. The molecule has 0 aliphatic rings. The van der Waals surface area contributed by atoms with E-state index >= 15 is 0 Å². The lowest BCUT2D eigenvalue weighted by molar-refractivity contribution is 0.0592. The van der Waals surface area contributed by atoms with Crippen molar-refractivity contribution in [1.29, 1.82) is 0 Å². The van der Waals surface area contributed by atoms with E-state index < -0.39 is 5.97 Å². The summed E-state index contributed by atoms with van der Waals surface area (Å²) in [6, 6.07) is 2.02. The van der Waals surface area contributed by atoms with Gasteiger partial charge in [0, 0.05) is 30.4 Å². The van der Waals surface area contributed by atoms with Gasteiger partial charge in [-0.1, -0.05) is 6.92 Å². The van der Waals surface area contributed by atoms with E-state index in [-0.39, 0.29) is 0 Å². The lowest BCUT2D eigenvalue weighted by atomic mass is 10.2. The van der Waals surface area contributed by atoms with Crippen LogP contribution >= 0.6 is 0 Å². The molecule has 0 saturated carbocycles. The molecule has 0 unspecified atom stereocenters. The number of aryl methyl sites for hydroxylation is 3. The van der Waals surface area contributed by atoms with Crippen LogP contribution in [0.4, 0.5) is 0 Å². The lowest BCUT2D eigenvalue weighted by Crippen LogP contribution is -2.09. The number of esters is 1.